The highest BCUT2D eigenvalue weighted by atomic mass is 19.1. The molecule has 2 aromatic heterocycles. The molecule has 0 radical (unpaired) electrons. The first-order chi connectivity index (χ1) is 11.6. The second kappa shape index (κ2) is 6.94. The van der Waals surface area contributed by atoms with Gasteiger partial charge in [-0.3, -0.25) is 0 Å². The normalized spacial score (nSPS) is 14.8. The van der Waals surface area contributed by atoms with E-state index < -0.39 is 0 Å². The van der Waals surface area contributed by atoms with Crippen molar-refractivity contribution in [2.24, 2.45) is 0 Å². The van der Waals surface area contributed by atoms with Crippen molar-refractivity contribution in [3.8, 4) is 0 Å². The third kappa shape index (κ3) is 3.22. The first-order valence-electron chi connectivity index (χ1n) is 8.10. The second-order valence-electron chi connectivity index (χ2n) is 5.93. The SMILES string of the molecule is CCc1ncnc(N2CCN(c3ccc(N(C)C)nn3)CC2)c1F. The van der Waals surface area contributed by atoms with Gasteiger partial charge < -0.3 is 14.7 Å². The third-order valence-electron chi connectivity index (χ3n) is 4.18. The van der Waals surface area contributed by atoms with E-state index in [4.69, 9.17) is 0 Å². The van der Waals surface area contributed by atoms with Gasteiger partial charge in [0.25, 0.3) is 0 Å². The van der Waals surface area contributed by atoms with Gasteiger partial charge in [-0.1, -0.05) is 6.92 Å². The standard InChI is InChI=1S/C16H22FN7/c1-4-12-15(17)16(19-11-18-12)24-9-7-23(8-10-24)14-6-5-13(20-21-14)22(2)3/h5-6,11H,4,7-10H2,1-3H3. The van der Waals surface area contributed by atoms with Gasteiger partial charge in [-0.05, 0) is 18.6 Å². The number of hydrogen-bond donors (Lipinski definition) is 0. The summed E-state index contributed by atoms with van der Waals surface area (Å²) in [5, 5.41) is 8.49. The number of hydrogen-bond acceptors (Lipinski definition) is 7. The highest BCUT2D eigenvalue weighted by molar-refractivity contribution is 5.48. The molecule has 0 aliphatic carbocycles. The van der Waals surface area contributed by atoms with Crippen LogP contribution in [-0.2, 0) is 6.42 Å². The average molecular weight is 331 g/mol. The Bertz CT molecular complexity index is 681. The van der Waals surface area contributed by atoms with E-state index in [0.29, 0.717) is 31.0 Å². The molecule has 0 saturated carbocycles. The van der Waals surface area contributed by atoms with E-state index in [1.165, 1.54) is 6.33 Å². The third-order valence-corrected chi connectivity index (χ3v) is 4.18. The Balaban J connectivity index is 1.67. The summed E-state index contributed by atoms with van der Waals surface area (Å²) < 4.78 is 14.4. The maximum absolute atomic E-state index is 14.4. The van der Waals surface area contributed by atoms with Crippen LogP contribution in [-0.4, -0.2) is 60.4 Å². The lowest BCUT2D eigenvalue weighted by Gasteiger charge is -2.36. The van der Waals surface area contributed by atoms with Crippen LogP contribution in [0.1, 0.15) is 12.6 Å². The van der Waals surface area contributed by atoms with E-state index in [1.807, 2.05) is 43.0 Å². The minimum atomic E-state index is -0.302. The van der Waals surface area contributed by atoms with Gasteiger partial charge in [-0.25, -0.2) is 14.4 Å². The van der Waals surface area contributed by atoms with E-state index in [2.05, 4.69) is 25.1 Å². The molecule has 0 N–H and O–H groups in total. The largest absolute Gasteiger partial charge is 0.361 e. The molecular weight excluding hydrogens is 309 g/mol. The number of rotatable bonds is 4. The van der Waals surface area contributed by atoms with Crippen LogP contribution in [0.4, 0.5) is 21.8 Å². The summed E-state index contributed by atoms with van der Waals surface area (Å²) in [5.41, 5.74) is 0.465. The molecule has 128 valence electrons. The van der Waals surface area contributed by atoms with Gasteiger partial charge in [0, 0.05) is 40.3 Å². The molecule has 0 bridgehead atoms. The Kier molecular flexibility index (Phi) is 4.73. The summed E-state index contributed by atoms with van der Waals surface area (Å²) in [6.45, 7) is 4.77. The van der Waals surface area contributed by atoms with Gasteiger partial charge >= 0.3 is 0 Å². The van der Waals surface area contributed by atoms with Crippen LogP contribution in [0.25, 0.3) is 0 Å². The average Bonchev–Trinajstić information content (AvgIpc) is 2.62. The van der Waals surface area contributed by atoms with Gasteiger partial charge in [0.15, 0.2) is 23.3 Å². The summed E-state index contributed by atoms with van der Waals surface area (Å²) in [7, 11) is 3.87. The Hall–Kier alpha value is -2.51. The molecule has 24 heavy (non-hydrogen) atoms. The Morgan fingerprint density at radius 1 is 1.04 bits per heavy atom. The number of anilines is 3. The molecule has 8 heteroatoms. The minimum absolute atomic E-state index is 0.302. The highest BCUT2D eigenvalue weighted by Crippen LogP contribution is 2.21. The van der Waals surface area contributed by atoms with Gasteiger partial charge in [0.05, 0.1) is 5.69 Å². The number of piperazine rings is 1. The maximum atomic E-state index is 14.4. The smallest absolute Gasteiger partial charge is 0.187 e. The van der Waals surface area contributed by atoms with Crippen molar-refractivity contribution in [3.63, 3.8) is 0 Å². The lowest BCUT2D eigenvalue weighted by Crippen LogP contribution is -2.47. The molecule has 2 aromatic rings. The number of nitrogens with zero attached hydrogens (tertiary/aromatic N) is 7. The molecule has 3 heterocycles. The summed E-state index contributed by atoms with van der Waals surface area (Å²) in [5.74, 6) is 1.77. The van der Waals surface area contributed by atoms with Crippen LogP contribution in [0.15, 0.2) is 18.5 Å². The molecule has 1 aliphatic heterocycles. The summed E-state index contributed by atoms with van der Waals surface area (Å²) >= 11 is 0. The van der Waals surface area contributed by atoms with Crippen molar-refractivity contribution in [2.75, 3.05) is 55.0 Å². The van der Waals surface area contributed by atoms with Gasteiger partial charge in [-0.15, -0.1) is 10.2 Å². The zero-order chi connectivity index (χ0) is 17.1. The van der Waals surface area contributed by atoms with E-state index in [9.17, 15) is 4.39 Å². The first kappa shape index (κ1) is 16.4. The highest BCUT2D eigenvalue weighted by Gasteiger charge is 2.23. The van der Waals surface area contributed by atoms with Crippen molar-refractivity contribution in [3.05, 3.63) is 30.0 Å². The molecule has 7 nitrogen and oxygen atoms in total. The molecule has 0 atom stereocenters. The Labute approximate surface area is 141 Å². The molecule has 0 spiro atoms. The topological polar surface area (TPSA) is 61.3 Å². The van der Waals surface area contributed by atoms with Crippen molar-refractivity contribution in [2.45, 2.75) is 13.3 Å². The fraction of sp³-hybridized carbons (Fsp3) is 0.500. The quantitative estimate of drug-likeness (QED) is 0.838. The van der Waals surface area contributed by atoms with Crippen LogP contribution in [0.2, 0.25) is 0 Å². The molecular formula is C16H22FN7. The summed E-state index contributed by atoms with van der Waals surface area (Å²) in [4.78, 5) is 14.2. The van der Waals surface area contributed by atoms with Crippen LogP contribution < -0.4 is 14.7 Å². The molecule has 1 fully saturated rings. The van der Waals surface area contributed by atoms with E-state index in [0.717, 1.165) is 24.7 Å². The lowest BCUT2D eigenvalue weighted by molar-refractivity contribution is 0.567. The molecule has 1 saturated heterocycles. The first-order valence-corrected chi connectivity index (χ1v) is 8.10. The predicted molar refractivity (Wildman–Crippen MR) is 92.2 cm³/mol. The van der Waals surface area contributed by atoms with Crippen LogP contribution >= 0.6 is 0 Å². The fourth-order valence-corrected chi connectivity index (χ4v) is 2.74. The summed E-state index contributed by atoms with van der Waals surface area (Å²) in [6, 6.07) is 3.92. The zero-order valence-electron chi connectivity index (χ0n) is 14.3. The molecule has 0 unspecified atom stereocenters. The van der Waals surface area contributed by atoms with Crippen LogP contribution in [0.3, 0.4) is 0 Å². The molecule has 1 aliphatic rings. The number of aromatic nitrogens is 4. The van der Waals surface area contributed by atoms with Crippen LogP contribution in [0, 0.1) is 5.82 Å². The zero-order valence-corrected chi connectivity index (χ0v) is 14.3. The predicted octanol–water partition coefficient (Wildman–Crippen LogP) is 1.36. The molecule has 0 amide bonds. The van der Waals surface area contributed by atoms with Gasteiger partial charge in [0.2, 0.25) is 0 Å². The summed E-state index contributed by atoms with van der Waals surface area (Å²) in [6.07, 6.45) is 2.00. The van der Waals surface area contributed by atoms with Crippen molar-refractivity contribution >= 4 is 17.5 Å². The lowest BCUT2D eigenvalue weighted by atomic mass is 10.2. The monoisotopic (exact) mass is 331 g/mol. The minimum Gasteiger partial charge on any atom is -0.361 e. The van der Waals surface area contributed by atoms with Crippen molar-refractivity contribution < 1.29 is 4.39 Å². The van der Waals surface area contributed by atoms with E-state index >= 15 is 0 Å². The van der Waals surface area contributed by atoms with Crippen molar-refractivity contribution in [1.82, 2.24) is 20.2 Å². The van der Waals surface area contributed by atoms with Gasteiger partial charge in [0.1, 0.15) is 6.33 Å². The Morgan fingerprint density at radius 3 is 2.33 bits per heavy atom. The second-order valence-corrected chi connectivity index (χ2v) is 5.93. The number of halogens is 1. The van der Waals surface area contributed by atoms with E-state index in [-0.39, 0.29) is 5.82 Å². The van der Waals surface area contributed by atoms with Crippen molar-refractivity contribution in [1.29, 1.82) is 0 Å². The molecule has 3 rings (SSSR count). The Morgan fingerprint density at radius 2 is 1.75 bits per heavy atom. The molecule has 0 aromatic carbocycles. The fourth-order valence-electron chi connectivity index (χ4n) is 2.74. The van der Waals surface area contributed by atoms with Crippen LogP contribution in [0.5, 0.6) is 0 Å². The maximum Gasteiger partial charge on any atom is 0.187 e. The van der Waals surface area contributed by atoms with E-state index in [1.54, 1.807) is 0 Å². The number of aryl methyl sites for hydroxylation is 1. The van der Waals surface area contributed by atoms with Gasteiger partial charge in [-0.2, -0.15) is 0 Å².